The summed E-state index contributed by atoms with van der Waals surface area (Å²) in [5.41, 5.74) is 2.31. The quantitative estimate of drug-likeness (QED) is 0.353. The van der Waals surface area contributed by atoms with Crippen molar-refractivity contribution < 1.29 is 28.9 Å². The molecule has 0 aromatic heterocycles. The van der Waals surface area contributed by atoms with Gasteiger partial charge in [-0.3, -0.25) is 0 Å². The van der Waals surface area contributed by atoms with Crippen molar-refractivity contribution in [1.82, 2.24) is 0 Å². The SMILES string of the molecule is O=C1Oc2cc3c(cc2=C1c1ccccc1)OC(=O)C=3c1ccc(OCCCCO)cc1. The van der Waals surface area contributed by atoms with E-state index >= 15 is 0 Å². The fourth-order valence-corrected chi connectivity index (χ4v) is 3.91. The highest BCUT2D eigenvalue weighted by Gasteiger charge is 2.30. The number of ether oxygens (including phenoxy) is 3. The minimum Gasteiger partial charge on any atom is -0.494 e. The van der Waals surface area contributed by atoms with Gasteiger partial charge in [0.05, 0.1) is 17.8 Å². The number of hydrogen-bond acceptors (Lipinski definition) is 6. The molecule has 6 nitrogen and oxygen atoms in total. The molecular formula is C26H20O6. The number of esters is 2. The van der Waals surface area contributed by atoms with Gasteiger partial charge in [0.25, 0.3) is 0 Å². The molecule has 32 heavy (non-hydrogen) atoms. The molecule has 6 heteroatoms. The third-order valence-electron chi connectivity index (χ3n) is 5.46. The van der Waals surface area contributed by atoms with Crippen LogP contribution in [0.3, 0.4) is 0 Å². The van der Waals surface area contributed by atoms with Crippen LogP contribution in [0.4, 0.5) is 0 Å². The molecule has 5 rings (SSSR count). The van der Waals surface area contributed by atoms with Crippen LogP contribution in [0.1, 0.15) is 24.0 Å². The maximum atomic E-state index is 12.7. The zero-order valence-corrected chi connectivity index (χ0v) is 17.2. The standard InChI is InChI=1S/C26H20O6/c27-12-4-5-13-30-18-10-8-17(9-11-18)24-20-15-21-19(14-22(20)32-26(24)29)23(25(28)31-21)16-6-2-1-3-7-16/h1-3,6-11,14-15,27H,4-5,12-13H2. The normalized spacial score (nSPS) is 14.2. The van der Waals surface area contributed by atoms with Crippen molar-refractivity contribution in [3.05, 3.63) is 88.3 Å². The zero-order valence-electron chi connectivity index (χ0n) is 17.2. The van der Waals surface area contributed by atoms with E-state index in [4.69, 9.17) is 19.3 Å². The summed E-state index contributed by atoms with van der Waals surface area (Å²) >= 11 is 0. The van der Waals surface area contributed by atoms with E-state index in [1.165, 1.54) is 0 Å². The van der Waals surface area contributed by atoms with Crippen LogP contribution in [0.5, 0.6) is 17.2 Å². The second-order valence-electron chi connectivity index (χ2n) is 7.54. The molecule has 0 bridgehead atoms. The fourth-order valence-electron chi connectivity index (χ4n) is 3.91. The Bertz CT molecular complexity index is 1320. The summed E-state index contributed by atoms with van der Waals surface area (Å²) in [6.45, 7) is 0.658. The Kier molecular flexibility index (Phi) is 5.21. The fraction of sp³-hybridized carbons (Fsp3) is 0.154. The van der Waals surface area contributed by atoms with E-state index in [2.05, 4.69) is 0 Å². The number of aliphatic hydroxyl groups is 1. The number of hydrogen-bond donors (Lipinski definition) is 1. The first-order valence-corrected chi connectivity index (χ1v) is 10.4. The van der Waals surface area contributed by atoms with Crippen molar-refractivity contribution in [3.8, 4) is 17.2 Å². The van der Waals surface area contributed by atoms with Crippen molar-refractivity contribution in [1.29, 1.82) is 0 Å². The summed E-state index contributed by atoms with van der Waals surface area (Å²) in [4.78, 5) is 25.2. The number of aliphatic hydroxyl groups excluding tert-OH is 1. The molecule has 3 aromatic rings. The summed E-state index contributed by atoms with van der Waals surface area (Å²) in [5, 5.41) is 10.0. The molecule has 0 aliphatic carbocycles. The van der Waals surface area contributed by atoms with Gasteiger partial charge in [0.2, 0.25) is 0 Å². The van der Waals surface area contributed by atoms with Gasteiger partial charge in [0, 0.05) is 17.0 Å². The molecular weight excluding hydrogens is 408 g/mol. The van der Waals surface area contributed by atoms with Crippen LogP contribution >= 0.6 is 0 Å². The monoisotopic (exact) mass is 428 g/mol. The van der Waals surface area contributed by atoms with Crippen LogP contribution in [0, 0.1) is 0 Å². The molecule has 2 aliphatic heterocycles. The first kappa shape index (κ1) is 20.0. The molecule has 0 saturated heterocycles. The van der Waals surface area contributed by atoms with Gasteiger partial charge in [-0.05, 0) is 48.2 Å². The highest BCUT2D eigenvalue weighted by molar-refractivity contribution is 6.21. The molecule has 0 spiro atoms. The smallest absolute Gasteiger partial charge is 0.344 e. The third kappa shape index (κ3) is 3.55. The second kappa shape index (κ2) is 8.32. The van der Waals surface area contributed by atoms with Crippen LogP contribution in [0.25, 0.3) is 11.1 Å². The number of fused-ring (bicyclic) bond motifs is 2. The van der Waals surface area contributed by atoms with Gasteiger partial charge in [-0.25, -0.2) is 9.59 Å². The Balaban J connectivity index is 1.54. The van der Waals surface area contributed by atoms with Gasteiger partial charge >= 0.3 is 11.9 Å². The predicted molar refractivity (Wildman–Crippen MR) is 117 cm³/mol. The Labute approximate surface area is 184 Å². The lowest BCUT2D eigenvalue weighted by Crippen LogP contribution is -2.11. The lowest BCUT2D eigenvalue weighted by molar-refractivity contribution is -0.128. The summed E-state index contributed by atoms with van der Waals surface area (Å²) in [5.74, 6) is 0.620. The van der Waals surface area contributed by atoms with E-state index in [-0.39, 0.29) is 6.61 Å². The van der Waals surface area contributed by atoms with E-state index in [0.29, 0.717) is 57.4 Å². The molecule has 0 atom stereocenters. The molecule has 1 N–H and O–H groups in total. The summed E-state index contributed by atoms with van der Waals surface area (Å²) < 4.78 is 16.7. The maximum Gasteiger partial charge on any atom is 0.344 e. The maximum absolute atomic E-state index is 12.7. The number of unbranched alkanes of at least 4 members (excludes halogenated alkanes) is 1. The lowest BCUT2D eigenvalue weighted by atomic mass is 10.0. The van der Waals surface area contributed by atoms with E-state index < -0.39 is 11.9 Å². The van der Waals surface area contributed by atoms with Gasteiger partial charge < -0.3 is 19.3 Å². The first-order chi connectivity index (χ1) is 15.7. The number of carbonyl (C=O) groups is 2. The van der Waals surface area contributed by atoms with Crippen LogP contribution in [-0.2, 0) is 9.59 Å². The minimum absolute atomic E-state index is 0.145. The minimum atomic E-state index is -0.451. The Hall–Kier alpha value is -3.90. The van der Waals surface area contributed by atoms with Gasteiger partial charge in [-0.1, -0.05) is 42.5 Å². The van der Waals surface area contributed by atoms with Gasteiger partial charge in [-0.15, -0.1) is 0 Å². The van der Waals surface area contributed by atoms with Crippen molar-refractivity contribution in [3.63, 3.8) is 0 Å². The Morgan fingerprint density at radius 2 is 1.28 bits per heavy atom. The third-order valence-corrected chi connectivity index (χ3v) is 5.46. The first-order valence-electron chi connectivity index (χ1n) is 10.4. The lowest BCUT2D eigenvalue weighted by Gasteiger charge is -2.06. The molecule has 0 saturated carbocycles. The number of carbonyl (C=O) groups excluding carboxylic acids is 2. The van der Waals surface area contributed by atoms with E-state index in [1.54, 1.807) is 36.4 Å². The second-order valence-corrected chi connectivity index (χ2v) is 7.54. The molecule has 2 aliphatic rings. The van der Waals surface area contributed by atoms with E-state index in [1.807, 2.05) is 30.3 Å². The molecule has 160 valence electrons. The predicted octanol–water partition coefficient (Wildman–Crippen LogP) is 2.07. The van der Waals surface area contributed by atoms with Crippen molar-refractivity contribution in [2.24, 2.45) is 0 Å². The Morgan fingerprint density at radius 1 is 0.719 bits per heavy atom. The van der Waals surface area contributed by atoms with Crippen LogP contribution in [-0.4, -0.2) is 30.3 Å². The molecule has 0 fully saturated rings. The van der Waals surface area contributed by atoms with Crippen LogP contribution in [0.15, 0.2) is 66.7 Å². The molecule has 0 unspecified atom stereocenters. The highest BCUT2D eigenvalue weighted by atomic mass is 16.5. The average Bonchev–Trinajstić information content (AvgIpc) is 3.30. The largest absolute Gasteiger partial charge is 0.494 e. The molecule has 2 heterocycles. The Morgan fingerprint density at radius 3 is 1.84 bits per heavy atom. The molecule has 0 radical (unpaired) electrons. The average molecular weight is 428 g/mol. The van der Waals surface area contributed by atoms with Gasteiger partial charge in [0.15, 0.2) is 0 Å². The number of rotatable bonds is 7. The van der Waals surface area contributed by atoms with Crippen LogP contribution in [0.2, 0.25) is 0 Å². The molecule has 0 amide bonds. The molecule has 3 aromatic carbocycles. The van der Waals surface area contributed by atoms with Gasteiger partial charge in [0.1, 0.15) is 17.2 Å². The topological polar surface area (TPSA) is 82.1 Å². The van der Waals surface area contributed by atoms with Crippen molar-refractivity contribution in [2.75, 3.05) is 13.2 Å². The summed E-state index contributed by atoms with van der Waals surface area (Å²) in [6, 6.07) is 19.8. The summed E-state index contributed by atoms with van der Waals surface area (Å²) in [7, 11) is 0. The highest BCUT2D eigenvalue weighted by Crippen LogP contribution is 2.27. The van der Waals surface area contributed by atoms with E-state index in [9.17, 15) is 9.59 Å². The van der Waals surface area contributed by atoms with Crippen molar-refractivity contribution >= 4 is 23.1 Å². The van der Waals surface area contributed by atoms with Crippen molar-refractivity contribution in [2.45, 2.75) is 12.8 Å². The van der Waals surface area contributed by atoms with Crippen LogP contribution < -0.4 is 24.6 Å². The van der Waals surface area contributed by atoms with Gasteiger partial charge in [-0.2, -0.15) is 0 Å². The van der Waals surface area contributed by atoms with E-state index in [0.717, 1.165) is 12.0 Å². The summed E-state index contributed by atoms with van der Waals surface area (Å²) in [6.07, 6.45) is 1.46. The number of benzene rings is 3. The zero-order chi connectivity index (χ0) is 22.1.